The normalized spacial score (nSPS) is 14.0. The summed E-state index contributed by atoms with van der Waals surface area (Å²) >= 11 is 0. The van der Waals surface area contributed by atoms with Crippen molar-refractivity contribution in [3.05, 3.63) is 108 Å². The van der Waals surface area contributed by atoms with E-state index in [0.29, 0.717) is 6.42 Å². The van der Waals surface area contributed by atoms with Crippen LogP contribution in [0.25, 0.3) is 0 Å². The molecular weight excluding hydrogens is 408 g/mol. The molecule has 3 aromatic carbocycles. The van der Waals surface area contributed by atoms with Gasteiger partial charge in [0.15, 0.2) is 0 Å². The highest BCUT2D eigenvalue weighted by Gasteiger charge is 2.27. The van der Waals surface area contributed by atoms with Crippen molar-refractivity contribution in [2.45, 2.75) is 51.5 Å². The molecule has 0 aliphatic heterocycles. The molecule has 0 N–H and O–H groups in total. The molecule has 174 valence electrons. The molecule has 0 spiro atoms. The van der Waals surface area contributed by atoms with E-state index in [0.717, 1.165) is 18.7 Å². The van der Waals surface area contributed by atoms with Gasteiger partial charge >= 0.3 is 0 Å². The SMILES string of the molecule is CO[C@@H](c1ccccc1)[C@H](C)N(C)C(=O)C[C@@H](C)N(Cc1ccccc1)Cc1ccccc1. The van der Waals surface area contributed by atoms with Gasteiger partial charge in [-0.2, -0.15) is 0 Å². The first-order chi connectivity index (χ1) is 16.0. The summed E-state index contributed by atoms with van der Waals surface area (Å²) in [5.74, 6) is 0.124. The van der Waals surface area contributed by atoms with Crippen LogP contribution in [-0.2, 0) is 22.6 Å². The Hall–Kier alpha value is -2.95. The lowest BCUT2D eigenvalue weighted by Crippen LogP contribution is -2.43. The third-order valence-electron chi connectivity index (χ3n) is 6.37. The molecule has 0 fully saturated rings. The van der Waals surface area contributed by atoms with Gasteiger partial charge in [-0.3, -0.25) is 9.69 Å². The molecule has 33 heavy (non-hydrogen) atoms. The minimum atomic E-state index is -0.166. The van der Waals surface area contributed by atoms with Crippen LogP contribution in [0, 0.1) is 0 Å². The minimum absolute atomic E-state index is 0.0752. The van der Waals surface area contributed by atoms with Crippen molar-refractivity contribution in [2.24, 2.45) is 0 Å². The van der Waals surface area contributed by atoms with E-state index >= 15 is 0 Å². The Morgan fingerprint density at radius 2 is 1.24 bits per heavy atom. The quantitative estimate of drug-likeness (QED) is 0.380. The molecular formula is C29H36N2O2. The number of nitrogens with zero attached hydrogens (tertiary/aromatic N) is 2. The molecule has 4 nitrogen and oxygen atoms in total. The fourth-order valence-corrected chi connectivity index (χ4v) is 4.21. The molecule has 1 amide bonds. The van der Waals surface area contributed by atoms with Crippen molar-refractivity contribution in [2.75, 3.05) is 14.2 Å². The number of hydrogen-bond acceptors (Lipinski definition) is 3. The molecule has 0 aliphatic rings. The Balaban J connectivity index is 1.70. The molecule has 3 rings (SSSR count). The Bertz CT molecular complexity index is 921. The first kappa shape index (κ1) is 24.7. The number of rotatable bonds is 11. The van der Waals surface area contributed by atoms with Gasteiger partial charge in [0.05, 0.1) is 6.04 Å². The van der Waals surface area contributed by atoms with Crippen LogP contribution in [0.4, 0.5) is 0 Å². The molecule has 0 heterocycles. The largest absolute Gasteiger partial charge is 0.375 e. The van der Waals surface area contributed by atoms with Gasteiger partial charge in [-0.25, -0.2) is 0 Å². The van der Waals surface area contributed by atoms with Gasteiger partial charge in [0.25, 0.3) is 0 Å². The number of carbonyl (C=O) groups is 1. The summed E-state index contributed by atoms with van der Waals surface area (Å²) in [5.41, 5.74) is 3.57. The highest BCUT2D eigenvalue weighted by molar-refractivity contribution is 5.77. The number of carbonyl (C=O) groups excluding carboxylic acids is 1. The van der Waals surface area contributed by atoms with Gasteiger partial charge in [-0.1, -0.05) is 91.0 Å². The van der Waals surface area contributed by atoms with Crippen LogP contribution in [0.15, 0.2) is 91.0 Å². The second-order valence-corrected chi connectivity index (χ2v) is 8.74. The van der Waals surface area contributed by atoms with Crippen molar-refractivity contribution in [3.63, 3.8) is 0 Å². The third-order valence-corrected chi connectivity index (χ3v) is 6.37. The van der Waals surface area contributed by atoms with E-state index in [1.165, 1.54) is 11.1 Å². The van der Waals surface area contributed by atoms with E-state index < -0.39 is 0 Å². The van der Waals surface area contributed by atoms with E-state index in [-0.39, 0.29) is 24.1 Å². The molecule has 3 aromatic rings. The molecule has 4 heteroatoms. The zero-order valence-corrected chi connectivity index (χ0v) is 20.2. The maximum Gasteiger partial charge on any atom is 0.224 e. The Morgan fingerprint density at radius 1 is 0.788 bits per heavy atom. The monoisotopic (exact) mass is 444 g/mol. The first-order valence-corrected chi connectivity index (χ1v) is 11.6. The standard InChI is InChI=1S/C29H36N2O2/c1-23(20-28(32)30(3)24(2)29(33-4)27-18-12-7-13-19-27)31(21-25-14-8-5-9-15-25)22-26-16-10-6-11-17-26/h5-19,23-24,29H,20-22H2,1-4H3/t23-,24+,29-/m1/s1. The summed E-state index contributed by atoms with van der Waals surface area (Å²) in [6, 6.07) is 31.0. The van der Waals surface area contributed by atoms with Crippen molar-refractivity contribution in [1.29, 1.82) is 0 Å². The first-order valence-electron chi connectivity index (χ1n) is 11.6. The summed E-state index contributed by atoms with van der Waals surface area (Å²) in [6.45, 7) is 5.80. The zero-order chi connectivity index (χ0) is 23.6. The van der Waals surface area contributed by atoms with Crippen LogP contribution in [0.3, 0.4) is 0 Å². The van der Waals surface area contributed by atoms with Crippen LogP contribution >= 0.6 is 0 Å². The fraction of sp³-hybridized carbons (Fsp3) is 0.345. The molecule has 0 aliphatic carbocycles. The molecule has 0 bridgehead atoms. The second kappa shape index (κ2) is 12.3. The average Bonchev–Trinajstić information content (AvgIpc) is 2.85. The highest BCUT2D eigenvalue weighted by atomic mass is 16.5. The number of hydrogen-bond donors (Lipinski definition) is 0. The summed E-state index contributed by atoms with van der Waals surface area (Å²) in [7, 11) is 3.59. The number of amides is 1. The van der Waals surface area contributed by atoms with Gasteiger partial charge < -0.3 is 9.64 Å². The molecule has 0 aromatic heterocycles. The zero-order valence-electron chi connectivity index (χ0n) is 20.2. The van der Waals surface area contributed by atoms with Gasteiger partial charge in [0.2, 0.25) is 5.91 Å². The van der Waals surface area contributed by atoms with Gasteiger partial charge in [0.1, 0.15) is 6.10 Å². The van der Waals surface area contributed by atoms with Gasteiger partial charge in [-0.05, 0) is 30.5 Å². The van der Waals surface area contributed by atoms with Crippen LogP contribution in [0.1, 0.15) is 43.1 Å². The van der Waals surface area contributed by atoms with Gasteiger partial charge in [0, 0.05) is 39.7 Å². The molecule has 0 radical (unpaired) electrons. The van der Waals surface area contributed by atoms with Crippen molar-refractivity contribution >= 4 is 5.91 Å². The number of likely N-dealkylation sites (N-methyl/N-ethyl adjacent to an activating group) is 1. The summed E-state index contributed by atoms with van der Waals surface area (Å²) in [5, 5.41) is 0. The third kappa shape index (κ3) is 7.01. The van der Waals surface area contributed by atoms with E-state index in [1.54, 1.807) is 7.11 Å². The van der Waals surface area contributed by atoms with Crippen molar-refractivity contribution < 1.29 is 9.53 Å². The number of ether oxygens (including phenoxy) is 1. The number of benzene rings is 3. The molecule has 0 saturated carbocycles. The number of methoxy groups -OCH3 is 1. The topological polar surface area (TPSA) is 32.8 Å². The predicted molar refractivity (Wildman–Crippen MR) is 135 cm³/mol. The summed E-state index contributed by atoms with van der Waals surface area (Å²) < 4.78 is 5.78. The maximum atomic E-state index is 13.3. The van der Waals surface area contributed by atoms with Gasteiger partial charge in [-0.15, -0.1) is 0 Å². The highest BCUT2D eigenvalue weighted by Crippen LogP contribution is 2.25. The minimum Gasteiger partial charge on any atom is -0.375 e. The lowest BCUT2D eigenvalue weighted by Gasteiger charge is -2.34. The van der Waals surface area contributed by atoms with E-state index in [1.807, 2.05) is 54.4 Å². The van der Waals surface area contributed by atoms with E-state index in [4.69, 9.17) is 4.74 Å². The smallest absolute Gasteiger partial charge is 0.224 e. The fourth-order valence-electron chi connectivity index (χ4n) is 4.21. The maximum absolute atomic E-state index is 13.3. The van der Waals surface area contributed by atoms with E-state index in [2.05, 4.69) is 67.3 Å². The molecule has 0 saturated heterocycles. The second-order valence-electron chi connectivity index (χ2n) is 8.74. The van der Waals surface area contributed by atoms with Crippen LogP contribution in [0.5, 0.6) is 0 Å². The lowest BCUT2D eigenvalue weighted by molar-refractivity contribution is -0.135. The average molecular weight is 445 g/mol. The predicted octanol–water partition coefficient (Wildman–Crippen LogP) is 5.70. The van der Waals surface area contributed by atoms with Crippen molar-refractivity contribution in [1.82, 2.24) is 9.80 Å². The van der Waals surface area contributed by atoms with E-state index in [9.17, 15) is 4.79 Å². The lowest BCUT2D eigenvalue weighted by atomic mass is 10.0. The Kier molecular flexibility index (Phi) is 9.23. The van der Waals surface area contributed by atoms with Crippen LogP contribution in [0.2, 0.25) is 0 Å². The van der Waals surface area contributed by atoms with Crippen molar-refractivity contribution in [3.8, 4) is 0 Å². The molecule has 0 unspecified atom stereocenters. The van der Waals surface area contributed by atoms with Crippen LogP contribution in [-0.4, -0.2) is 41.9 Å². The Labute approximate surface area is 198 Å². The molecule has 3 atom stereocenters. The summed E-state index contributed by atoms with van der Waals surface area (Å²) in [4.78, 5) is 17.5. The summed E-state index contributed by atoms with van der Waals surface area (Å²) in [6.07, 6.45) is 0.284. The van der Waals surface area contributed by atoms with Crippen LogP contribution < -0.4 is 0 Å². The Morgan fingerprint density at radius 3 is 1.70 bits per heavy atom.